The number of phenolic OH excluding ortho intramolecular Hbond substituents is 1. The van der Waals surface area contributed by atoms with Crippen molar-refractivity contribution in [2.45, 2.75) is 25.3 Å². The molecule has 0 amide bonds. The predicted molar refractivity (Wildman–Crippen MR) is 106 cm³/mol. The number of benzene rings is 1. The molecule has 28 heavy (non-hydrogen) atoms. The van der Waals surface area contributed by atoms with E-state index < -0.39 is 0 Å². The number of hydrogen-bond donors (Lipinski definition) is 1. The van der Waals surface area contributed by atoms with Gasteiger partial charge in [0, 0.05) is 55.7 Å². The van der Waals surface area contributed by atoms with Crippen molar-refractivity contribution in [1.82, 2.24) is 20.0 Å². The van der Waals surface area contributed by atoms with Crippen LogP contribution in [-0.4, -0.2) is 50.9 Å². The number of aryl methyl sites for hydroxylation is 1. The zero-order chi connectivity index (χ0) is 19.1. The van der Waals surface area contributed by atoms with E-state index in [4.69, 9.17) is 4.74 Å². The fraction of sp³-hybridized carbons (Fsp3) is 0.381. The zero-order valence-corrected chi connectivity index (χ0v) is 15.9. The highest BCUT2D eigenvalue weighted by molar-refractivity contribution is 5.74. The zero-order valence-electron chi connectivity index (χ0n) is 15.9. The highest BCUT2D eigenvalue weighted by Gasteiger charge is 2.29. The lowest BCUT2D eigenvalue weighted by atomic mass is 10.0. The molecule has 1 aromatic carbocycles. The molecule has 0 unspecified atom stereocenters. The van der Waals surface area contributed by atoms with Gasteiger partial charge in [-0.2, -0.15) is 5.10 Å². The van der Waals surface area contributed by atoms with Crippen LogP contribution in [0.1, 0.15) is 18.4 Å². The molecular weight excluding hydrogens is 354 g/mol. The molecule has 4 heterocycles. The summed E-state index contributed by atoms with van der Waals surface area (Å²) in [6.45, 7) is 2.61. The van der Waals surface area contributed by atoms with Crippen LogP contribution in [-0.2, 0) is 18.2 Å². The molecule has 0 radical (unpaired) electrons. The molecule has 0 aliphatic carbocycles. The number of nitrogens with zero attached hydrogens (tertiary/aromatic N) is 5. The number of hydrogen-bond acceptors (Lipinski definition) is 6. The number of anilines is 1. The van der Waals surface area contributed by atoms with E-state index in [2.05, 4.69) is 26.3 Å². The molecule has 0 spiro atoms. The molecule has 0 atom stereocenters. The molecule has 7 nitrogen and oxygen atoms in total. The fourth-order valence-corrected chi connectivity index (χ4v) is 4.18. The normalized spacial score (nSPS) is 17.1. The molecule has 144 valence electrons. The minimum Gasteiger partial charge on any atom is -0.507 e. The first kappa shape index (κ1) is 17.2. The Hall–Kier alpha value is -2.93. The fourth-order valence-electron chi connectivity index (χ4n) is 4.18. The van der Waals surface area contributed by atoms with Crippen molar-refractivity contribution < 1.29 is 9.84 Å². The topological polar surface area (TPSA) is 76.3 Å². The van der Waals surface area contributed by atoms with Gasteiger partial charge in [-0.25, -0.2) is 0 Å². The molecule has 2 aliphatic heterocycles. The summed E-state index contributed by atoms with van der Waals surface area (Å²) in [5, 5.41) is 23.7. The Morgan fingerprint density at radius 2 is 1.96 bits per heavy atom. The second kappa shape index (κ2) is 6.91. The number of aromatic nitrogens is 4. The maximum absolute atomic E-state index is 10.6. The first-order chi connectivity index (χ1) is 13.7. The van der Waals surface area contributed by atoms with Crippen LogP contribution in [0.15, 0.2) is 36.7 Å². The number of aromatic hydroxyl groups is 1. The van der Waals surface area contributed by atoms with Gasteiger partial charge in [-0.05, 0) is 43.0 Å². The lowest BCUT2D eigenvalue weighted by Gasteiger charge is -2.32. The van der Waals surface area contributed by atoms with Gasteiger partial charge in [-0.3, -0.25) is 4.68 Å². The minimum absolute atomic E-state index is 0.204. The summed E-state index contributed by atoms with van der Waals surface area (Å²) in [6.07, 6.45) is 6.76. The van der Waals surface area contributed by atoms with Gasteiger partial charge in [0.1, 0.15) is 5.75 Å². The van der Waals surface area contributed by atoms with E-state index in [0.29, 0.717) is 17.3 Å². The second-order valence-corrected chi connectivity index (χ2v) is 7.50. The lowest BCUT2D eigenvalue weighted by Crippen LogP contribution is -2.38. The summed E-state index contributed by atoms with van der Waals surface area (Å²) in [5.41, 5.74) is 4.51. The van der Waals surface area contributed by atoms with Crippen LogP contribution in [0.4, 0.5) is 5.82 Å². The van der Waals surface area contributed by atoms with E-state index in [1.165, 1.54) is 5.56 Å². The van der Waals surface area contributed by atoms with Crippen molar-refractivity contribution in [2.75, 3.05) is 24.7 Å². The van der Waals surface area contributed by atoms with Gasteiger partial charge in [0.2, 0.25) is 0 Å². The van der Waals surface area contributed by atoms with Gasteiger partial charge in [-0.15, -0.1) is 10.2 Å². The first-order valence-electron chi connectivity index (χ1n) is 9.72. The predicted octanol–water partition coefficient (Wildman–Crippen LogP) is 2.79. The van der Waals surface area contributed by atoms with Crippen LogP contribution in [0, 0.1) is 0 Å². The van der Waals surface area contributed by atoms with Crippen LogP contribution in [0.2, 0.25) is 0 Å². The maximum atomic E-state index is 10.6. The third-order valence-electron chi connectivity index (χ3n) is 5.69. The molecular formula is C21H23N5O2. The number of phenols is 1. The summed E-state index contributed by atoms with van der Waals surface area (Å²) in [4.78, 5) is 2.37. The second-order valence-electron chi connectivity index (χ2n) is 7.50. The Balaban J connectivity index is 1.43. The SMILES string of the molecule is Cn1cc(-c2ccc(-c3cc4c(nn3)N(C3CCOCC3)CC4)c(O)c2)cn1. The standard InChI is InChI=1S/C21H23N5O2/c1-25-13-16(12-22-25)14-2-3-18(20(27)11-14)19-10-15-4-7-26(21(15)24-23-19)17-5-8-28-9-6-17/h2-3,10-13,17,27H,4-9H2,1H3. The summed E-state index contributed by atoms with van der Waals surface area (Å²) in [5.74, 6) is 1.19. The molecule has 1 fully saturated rings. The number of ether oxygens (including phenoxy) is 1. The Morgan fingerprint density at radius 3 is 2.71 bits per heavy atom. The largest absolute Gasteiger partial charge is 0.507 e. The van der Waals surface area contributed by atoms with Crippen LogP contribution in [0.5, 0.6) is 5.75 Å². The van der Waals surface area contributed by atoms with E-state index >= 15 is 0 Å². The Labute approximate surface area is 163 Å². The molecule has 5 rings (SSSR count). The molecule has 1 N–H and O–H groups in total. The molecule has 1 saturated heterocycles. The van der Waals surface area contributed by atoms with Crippen molar-refractivity contribution in [3.63, 3.8) is 0 Å². The first-order valence-corrected chi connectivity index (χ1v) is 9.72. The van der Waals surface area contributed by atoms with Gasteiger partial charge in [0.25, 0.3) is 0 Å². The highest BCUT2D eigenvalue weighted by atomic mass is 16.5. The monoisotopic (exact) mass is 377 g/mol. The quantitative estimate of drug-likeness (QED) is 0.756. The van der Waals surface area contributed by atoms with Crippen LogP contribution in [0.25, 0.3) is 22.4 Å². The average Bonchev–Trinajstić information content (AvgIpc) is 3.34. The average molecular weight is 377 g/mol. The van der Waals surface area contributed by atoms with E-state index in [-0.39, 0.29) is 5.75 Å². The van der Waals surface area contributed by atoms with Gasteiger partial charge >= 0.3 is 0 Å². The molecule has 3 aromatic rings. The smallest absolute Gasteiger partial charge is 0.154 e. The van der Waals surface area contributed by atoms with E-state index in [1.807, 2.05) is 25.4 Å². The van der Waals surface area contributed by atoms with Crippen LogP contribution < -0.4 is 4.90 Å². The van der Waals surface area contributed by atoms with Crippen LogP contribution >= 0.6 is 0 Å². The van der Waals surface area contributed by atoms with Crippen molar-refractivity contribution >= 4 is 5.82 Å². The van der Waals surface area contributed by atoms with Gasteiger partial charge in [0.05, 0.1) is 11.9 Å². The summed E-state index contributed by atoms with van der Waals surface area (Å²) < 4.78 is 7.23. The van der Waals surface area contributed by atoms with E-state index in [1.54, 1.807) is 16.9 Å². The highest BCUT2D eigenvalue weighted by Crippen LogP contribution is 2.36. The maximum Gasteiger partial charge on any atom is 0.154 e. The molecule has 0 bridgehead atoms. The summed E-state index contributed by atoms with van der Waals surface area (Å²) >= 11 is 0. The third kappa shape index (κ3) is 3.01. The Morgan fingerprint density at radius 1 is 1.11 bits per heavy atom. The van der Waals surface area contributed by atoms with Crippen molar-refractivity contribution in [1.29, 1.82) is 0 Å². The molecule has 2 aliphatic rings. The van der Waals surface area contributed by atoms with Crippen LogP contribution in [0.3, 0.4) is 0 Å². The Bertz CT molecular complexity index is 1010. The number of rotatable bonds is 3. The summed E-state index contributed by atoms with van der Waals surface area (Å²) in [7, 11) is 1.88. The minimum atomic E-state index is 0.204. The van der Waals surface area contributed by atoms with Gasteiger partial charge in [0.15, 0.2) is 5.82 Å². The Kier molecular flexibility index (Phi) is 4.24. The van der Waals surface area contributed by atoms with Crippen molar-refractivity contribution in [2.24, 2.45) is 7.05 Å². The summed E-state index contributed by atoms with van der Waals surface area (Å²) in [6, 6.07) is 8.20. The molecule has 7 heteroatoms. The molecule has 0 saturated carbocycles. The van der Waals surface area contributed by atoms with Gasteiger partial charge in [-0.1, -0.05) is 6.07 Å². The van der Waals surface area contributed by atoms with Gasteiger partial charge < -0.3 is 14.7 Å². The van der Waals surface area contributed by atoms with Crippen molar-refractivity contribution in [3.05, 3.63) is 42.2 Å². The third-order valence-corrected chi connectivity index (χ3v) is 5.69. The molecule has 2 aromatic heterocycles. The van der Waals surface area contributed by atoms with E-state index in [9.17, 15) is 5.11 Å². The number of fused-ring (bicyclic) bond motifs is 1. The van der Waals surface area contributed by atoms with Crippen molar-refractivity contribution in [3.8, 4) is 28.1 Å². The van der Waals surface area contributed by atoms with E-state index in [0.717, 1.165) is 56.0 Å². The lowest BCUT2D eigenvalue weighted by molar-refractivity contribution is 0.0847.